The molecule has 2 rings (SSSR count). The molecule has 34 heavy (non-hydrogen) atoms. The molecule has 0 atom stereocenters. The highest BCUT2D eigenvalue weighted by Gasteiger charge is 2.30. The van der Waals surface area contributed by atoms with Gasteiger partial charge in [-0.25, -0.2) is 0 Å². The van der Waals surface area contributed by atoms with E-state index >= 15 is 0 Å². The predicted molar refractivity (Wildman–Crippen MR) is 141 cm³/mol. The molecule has 2 aromatic rings. The van der Waals surface area contributed by atoms with Gasteiger partial charge in [-0.2, -0.15) is 0 Å². The van der Waals surface area contributed by atoms with E-state index in [9.17, 15) is 10.2 Å². The monoisotopic (exact) mass is 470 g/mol. The van der Waals surface area contributed by atoms with Crippen LogP contribution in [0.3, 0.4) is 0 Å². The SMILES string of the molecule is CCCC(c1cc(C(C)(C)C)c(O)c(COC)c1C)c1cc(C(C)(C)C)c(O)c(COC)c1C. The molecule has 0 aliphatic carbocycles. The van der Waals surface area contributed by atoms with E-state index < -0.39 is 0 Å². The quantitative estimate of drug-likeness (QED) is 0.418. The first-order valence-corrected chi connectivity index (χ1v) is 12.4. The molecule has 2 aromatic carbocycles. The molecule has 0 aliphatic heterocycles. The first-order valence-electron chi connectivity index (χ1n) is 12.4. The maximum absolute atomic E-state index is 11.2. The summed E-state index contributed by atoms with van der Waals surface area (Å²) in [4.78, 5) is 0. The lowest BCUT2D eigenvalue weighted by molar-refractivity contribution is 0.181. The molecule has 4 nitrogen and oxygen atoms in total. The highest BCUT2D eigenvalue weighted by Crippen LogP contribution is 2.45. The summed E-state index contributed by atoms with van der Waals surface area (Å²) in [6, 6.07) is 4.40. The van der Waals surface area contributed by atoms with E-state index in [1.807, 2.05) is 0 Å². The summed E-state index contributed by atoms with van der Waals surface area (Å²) >= 11 is 0. The number of methoxy groups -OCH3 is 2. The fraction of sp³-hybridized carbons (Fsp3) is 0.600. The Kier molecular flexibility index (Phi) is 8.88. The van der Waals surface area contributed by atoms with Crippen molar-refractivity contribution in [2.75, 3.05) is 14.2 Å². The molecule has 0 spiro atoms. The molecule has 190 valence electrons. The Morgan fingerprint density at radius 2 is 1.09 bits per heavy atom. The third-order valence-corrected chi connectivity index (χ3v) is 6.97. The van der Waals surface area contributed by atoms with E-state index in [1.165, 1.54) is 11.1 Å². The van der Waals surface area contributed by atoms with Gasteiger partial charge in [0.15, 0.2) is 0 Å². The maximum Gasteiger partial charge on any atom is 0.125 e. The van der Waals surface area contributed by atoms with Crippen molar-refractivity contribution < 1.29 is 19.7 Å². The predicted octanol–water partition coefficient (Wildman–Crippen LogP) is 7.53. The number of rotatable bonds is 8. The Bertz CT molecular complexity index is 927. The lowest BCUT2D eigenvalue weighted by Gasteiger charge is -2.31. The van der Waals surface area contributed by atoms with Crippen LogP contribution in [0.15, 0.2) is 12.1 Å². The number of phenolic OH excluding ortho intramolecular Hbond substituents is 2. The van der Waals surface area contributed by atoms with Crippen LogP contribution < -0.4 is 0 Å². The summed E-state index contributed by atoms with van der Waals surface area (Å²) < 4.78 is 11.0. The van der Waals surface area contributed by atoms with E-state index in [4.69, 9.17) is 9.47 Å². The summed E-state index contributed by atoms with van der Waals surface area (Å²) in [5.74, 6) is 0.798. The van der Waals surface area contributed by atoms with Crippen molar-refractivity contribution in [1.29, 1.82) is 0 Å². The molecule has 0 aliphatic rings. The molecule has 0 saturated carbocycles. The molecular formula is C30H46O4. The van der Waals surface area contributed by atoms with Crippen LogP contribution in [-0.2, 0) is 33.5 Å². The second-order valence-corrected chi connectivity index (χ2v) is 11.6. The summed E-state index contributed by atoms with van der Waals surface area (Å²) in [7, 11) is 3.34. The van der Waals surface area contributed by atoms with E-state index in [-0.39, 0.29) is 16.7 Å². The molecule has 0 fully saturated rings. The van der Waals surface area contributed by atoms with Gasteiger partial charge in [-0.3, -0.25) is 0 Å². The van der Waals surface area contributed by atoms with Gasteiger partial charge in [-0.15, -0.1) is 0 Å². The fourth-order valence-corrected chi connectivity index (χ4v) is 4.97. The zero-order valence-electron chi connectivity index (χ0n) is 23.3. The van der Waals surface area contributed by atoms with Gasteiger partial charge in [-0.05, 0) is 64.5 Å². The van der Waals surface area contributed by atoms with Gasteiger partial charge in [0.25, 0.3) is 0 Å². The van der Waals surface area contributed by atoms with Gasteiger partial charge in [0.05, 0.1) is 13.2 Å². The van der Waals surface area contributed by atoms with Gasteiger partial charge in [0.2, 0.25) is 0 Å². The van der Waals surface area contributed by atoms with E-state index in [2.05, 4.69) is 74.4 Å². The van der Waals surface area contributed by atoms with Gasteiger partial charge in [0.1, 0.15) is 11.5 Å². The molecule has 0 saturated heterocycles. The Balaban J connectivity index is 2.97. The molecule has 0 aromatic heterocycles. The first kappa shape index (κ1) is 28.2. The standard InChI is InChI=1S/C30H46O4/c1-12-13-20(21-14-25(29(4,5)6)27(31)23(16-33-10)18(21)2)22-15-26(30(7,8)9)28(32)24(17-34-11)19(22)3/h14-15,20,31-32H,12-13,16-17H2,1-11H3. The molecule has 0 amide bonds. The third-order valence-electron chi connectivity index (χ3n) is 6.97. The Morgan fingerprint density at radius 1 is 0.735 bits per heavy atom. The van der Waals surface area contributed by atoms with Gasteiger partial charge >= 0.3 is 0 Å². The number of benzene rings is 2. The van der Waals surface area contributed by atoms with Gasteiger partial charge < -0.3 is 19.7 Å². The van der Waals surface area contributed by atoms with Crippen LogP contribution in [0.2, 0.25) is 0 Å². The molecule has 0 unspecified atom stereocenters. The van der Waals surface area contributed by atoms with Crippen LogP contribution in [-0.4, -0.2) is 24.4 Å². The Labute approximate surface area is 207 Å². The average Bonchev–Trinajstić information content (AvgIpc) is 2.71. The van der Waals surface area contributed by atoms with Crippen LogP contribution >= 0.6 is 0 Å². The van der Waals surface area contributed by atoms with Crippen LogP contribution in [0.5, 0.6) is 11.5 Å². The number of hydrogen-bond donors (Lipinski definition) is 2. The van der Waals surface area contributed by atoms with Crippen molar-refractivity contribution in [2.24, 2.45) is 0 Å². The summed E-state index contributed by atoms with van der Waals surface area (Å²) in [6.45, 7) is 19.9. The Morgan fingerprint density at radius 3 is 1.35 bits per heavy atom. The summed E-state index contributed by atoms with van der Waals surface area (Å²) in [6.07, 6.45) is 1.98. The number of ether oxygens (including phenoxy) is 2. The van der Waals surface area contributed by atoms with Crippen LogP contribution in [0.4, 0.5) is 0 Å². The summed E-state index contributed by atoms with van der Waals surface area (Å²) in [5.41, 5.74) is 7.74. The minimum atomic E-state index is -0.215. The topological polar surface area (TPSA) is 58.9 Å². The zero-order valence-corrected chi connectivity index (χ0v) is 23.3. The minimum Gasteiger partial charge on any atom is -0.507 e. The lowest BCUT2D eigenvalue weighted by Crippen LogP contribution is -2.18. The van der Waals surface area contributed by atoms with Crippen LogP contribution in [0.25, 0.3) is 0 Å². The van der Waals surface area contributed by atoms with Crippen molar-refractivity contribution >= 4 is 0 Å². The number of aromatic hydroxyl groups is 2. The average molecular weight is 471 g/mol. The molecular weight excluding hydrogens is 424 g/mol. The highest BCUT2D eigenvalue weighted by molar-refractivity contribution is 5.58. The zero-order chi connectivity index (χ0) is 26.0. The van der Waals surface area contributed by atoms with Crippen molar-refractivity contribution in [3.8, 4) is 11.5 Å². The van der Waals surface area contributed by atoms with Gasteiger partial charge in [-0.1, -0.05) is 67.0 Å². The van der Waals surface area contributed by atoms with Crippen LogP contribution in [0.1, 0.15) is 112 Å². The largest absolute Gasteiger partial charge is 0.507 e. The highest BCUT2D eigenvalue weighted by atomic mass is 16.5. The van der Waals surface area contributed by atoms with Gasteiger partial charge in [0, 0.05) is 31.3 Å². The summed E-state index contributed by atoms with van der Waals surface area (Å²) in [5, 5.41) is 22.3. The second-order valence-electron chi connectivity index (χ2n) is 11.6. The molecule has 0 bridgehead atoms. The Hall–Kier alpha value is -2.04. The molecule has 2 N–H and O–H groups in total. The lowest BCUT2D eigenvalue weighted by atomic mass is 9.74. The number of hydrogen-bond acceptors (Lipinski definition) is 4. The maximum atomic E-state index is 11.2. The van der Waals surface area contributed by atoms with Crippen molar-refractivity contribution in [3.63, 3.8) is 0 Å². The van der Waals surface area contributed by atoms with E-state index in [1.54, 1.807) is 14.2 Å². The minimum absolute atomic E-state index is 0.125. The first-order chi connectivity index (χ1) is 15.7. The molecule has 0 heterocycles. The van der Waals surface area contributed by atoms with Crippen molar-refractivity contribution in [3.05, 3.63) is 56.6 Å². The van der Waals surface area contributed by atoms with E-state index in [0.29, 0.717) is 24.7 Å². The molecule has 0 radical (unpaired) electrons. The normalized spacial score (nSPS) is 12.6. The number of phenols is 2. The van der Waals surface area contributed by atoms with Crippen molar-refractivity contribution in [1.82, 2.24) is 0 Å². The van der Waals surface area contributed by atoms with Crippen LogP contribution in [0, 0.1) is 13.8 Å². The molecule has 4 heteroatoms. The smallest absolute Gasteiger partial charge is 0.125 e. The fourth-order valence-electron chi connectivity index (χ4n) is 4.97. The second kappa shape index (κ2) is 10.7. The third kappa shape index (κ3) is 5.60. The van der Waals surface area contributed by atoms with E-state index in [0.717, 1.165) is 46.2 Å². The van der Waals surface area contributed by atoms with Crippen molar-refractivity contribution in [2.45, 2.75) is 105 Å².